The molecule has 2 heteroatoms. The van der Waals surface area contributed by atoms with E-state index in [4.69, 9.17) is 0 Å². The second-order valence-electron chi connectivity index (χ2n) is 22.2. The SMILES string of the molecule is CCCCCCCCCCc1c2ccccc2c([Si](O)(c2c3ccccc3c(CCCCCCCCCC)c3ccccc23)c2c3ccccc3c(CCCCCCCCCC)c3ccccc23)c2ccccc12. The molecule has 0 saturated heterocycles. The van der Waals surface area contributed by atoms with Gasteiger partial charge in [0.1, 0.15) is 0 Å². The summed E-state index contributed by atoms with van der Waals surface area (Å²) in [5, 5.41) is 18.5. The van der Waals surface area contributed by atoms with Gasteiger partial charge in [0.25, 0.3) is 8.32 Å². The van der Waals surface area contributed by atoms with Crippen LogP contribution in [0.25, 0.3) is 64.6 Å². The quantitative estimate of drug-likeness (QED) is 0.0206. The first kappa shape index (κ1) is 53.5. The fourth-order valence-electron chi connectivity index (χ4n) is 13.3. The summed E-state index contributed by atoms with van der Waals surface area (Å²) >= 11 is 0. The lowest BCUT2D eigenvalue weighted by atomic mass is 9.92. The van der Waals surface area contributed by atoms with Crippen molar-refractivity contribution < 1.29 is 4.80 Å². The van der Waals surface area contributed by atoms with E-state index in [0.29, 0.717) is 0 Å². The summed E-state index contributed by atoms with van der Waals surface area (Å²) in [6.45, 7) is 6.92. The largest absolute Gasteiger partial charge is 0.421 e. The van der Waals surface area contributed by atoms with Gasteiger partial charge in [0.15, 0.2) is 0 Å². The molecule has 0 heterocycles. The van der Waals surface area contributed by atoms with Crippen molar-refractivity contribution in [2.24, 2.45) is 0 Å². The Kier molecular flexibility index (Phi) is 19.5. The van der Waals surface area contributed by atoms with Gasteiger partial charge in [0.05, 0.1) is 0 Å². The molecule has 0 bridgehead atoms. The molecule has 74 heavy (non-hydrogen) atoms. The number of hydrogen-bond acceptors (Lipinski definition) is 1. The molecule has 0 aliphatic heterocycles. The van der Waals surface area contributed by atoms with Crippen molar-refractivity contribution in [2.45, 2.75) is 194 Å². The highest BCUT2D eigenvalue weighted by Crippen LogP contribution is 2.38. The van der Waals surface area contributed by atoms with Gasteiger partial charge in [-0.25, -0.2) is 0 Å². The lowest BCUT2D eigenvalue weighted by molar-refractivity contribution is 0.576. The molecule has 0 spiro atoms. The minimum Gasteiger partial charge on any atom is -0.421 e. The Morgan fingerprint density at radius 1 is 0.230 bits per heavy atom. The Bertz CT molecular complexity index is 2720. The van der Waals surface area contributed by atoms with E-state index in [0.717, 1.165) is 34.8 Å². The summed E-state index contributed by atoms with van der Waals surface area (Å²) in [5.41, 5.74) is 4.31. The third-order valence-electron chi connectivity index (χ3n) is 17.1. The van der Waals surface area contributed by atoms with Gasteiger partial charge in [0, 0.05) is 0 Å². The zero-order chi connectivity index (χ0) is 51.0. The van der Waals surface area contributed by atoms with Crippen molar-refractivity contribution in [3.8, 4) is 0 Å². The Labute approximate surface area is 447 Å². The van der Waals surface area contributed by atoms with Gasteiger partial charge in [0.2, 0.25) is 0 Å². The molecule has 0 fully saturated rings. The van der Waals surface area contributed by atoms with Crippen LogP contribution in [0.2, 0.25) is 0 Å². The Morgan fingerprint density at radius 2 is 0.392 bits per heavy atom. The fraction of sp³-hybridized carbons (Fsp3) is 0.417. The molecule has 9 aromatic carbocycles. The zero-order valence-corrected chi connectivity index (χ0v) is 46.9. The normalized spacial score (nSPS) is 12.2. The zero-order valence-electron chi connectivity index (χ0n) is 45.9. The lowest BCUT2D eigenvalue weighted by Crippen LogP contribution is -2.68. The number of aryl methyl sites for hydroxylation is 3. The molecule has 0 radical (unpaired) electrons. The summed E-state index contributed by atoms with van der Waals surface area (Å²) in [5.74, 6) is 0. The number of benzene rings is 9. The predicted molar refractivity (Wildman–Crippen MR) is 330 cm³/mol. The van der Waals surface area contributed by atoms with Crippen LogP contribution in [0.5, 0.6) is 0 Å². The summed E-state index contributed by atoms with van der Waals surface area (Å²) in [7, 11) is -4.11. The first-order valence-electron chi connectivity index (χ1n) is 30.1. The minimum atomic E-state index is -4.11. The van der Waals surface area contributed by atoms with E-state index in [1.54, 1.807) is 0 Å². The maximum absolute atomic E-state index is 15.8. The van der Waals surface area contributed by atoms with Crippen LogP contribution in [-0.4, -0.2) is 13.1 Å². The van der Waals surface area contributed by atoms with Gasteiger partial charge in [-0.1, -0.05) is 301 Å². The highest BCUT2D eigenvalue weighted by atomic mass is 28.4. The molecule has 386 valence electrons. The van der Waals surface area contributed by atoms with Crippen molar-refractivity contribution in [3.05, 3.63) is 162 Å². The Morgan fingerprint density at radius 3 is 0.581 bits per heavy atom. The van der Waals surface area contributed by atoms with E-state index in [1.165, 1.54) is 235 Å². The maximum Gasteiger partial charge on any atom is 0.289 e. The van der Waals surface area contributed by atoms with E-state index in [1.807, 2.05) is 0 Å². The van der Waals surface area contributed by atoms with Crippen molar-refractivity contribution in [2.75, 3.05) is 0 Å². The summed E-state index contributed by atoms with van der Waals surface area (Å²) < 4.78 is 0. The molecule has 0 aliphatic rings. The van der Waals surface area contributed by atoms with Gasteiger partial charge in [-0.05, 0) is 135 Å². The minimum absolute atomic E-state index is 1.04. The number of unbranched alkanes of at least 4 members (excludes halogenated alkanes) is 21. The Balaban J connectivity index is 1.28. The molecule has 9 aromatic rings. The van der Waals surface area contributed by atoms with Crippen LogP contribution >= 0.6 is 0 Å². The summed E-state index contributed by atoms with van der Waals surface area (Å²) in [4.78, 5) is 15.8. The standard InChI is InChI=1S/C72H88OSi/c1-4-7-10-13-16-19-22-25-40-55-58-43-28-34-49-64(58)70(65-50-35-29-44-59(55)65)74(73,71-66-51-36-30-45-60(66)56(61-46-31-37-52-67(61)71)41-26-23-20-17-14-11-8-5-2)72-68-53-38-32-47-62(68)57(63-48-33-39-54-69(63)72)42-27-24-21-18-15-12-9-6-3/h28-39,43-54,73H,4-27,40-42H2,1-3H3. The van der Waals surface area contributed by atoms with Crippen molar-refractivity contribution >= 4 is 88.5 Å². The highest BCUT2D eigenvalue weighted by Gasteiger charge is 2.46. The van der Waals surface area contributed by atoms with Crippen LogP contribution < -0.4 is 15.6 Å². The molecule has 1 nitrogen and oxygen atoms in total. The smallest absolute Gasteiger partial charge is 0.289 e. The van der Waals surface area contributed by atoms with Crippen LogP contribution in [0.1, 0.15) is 192 Å². The van der Waals surface area contributed by atoms with Gasteiger partial charge in [-0.2, -0.15) is 0 Å². The number of hydrogen-bond donors (Lipinski definition) is 1. The van der Waals surface area contributed by atoms with Crippen LogP contribution in [-0.2, 0) is 19.3 Å². The van der Waals surface area contributed by atoms with Crippen LogP contribution in [0.15, 0.2) is 146 Å². The monoisotopic (exact) mass is 997 g/mol. The highest BCUT2D eigenvalue weighted by molar-refractivity contribution is 7.12. The van der Waals surface area contributed by atoms with E-state index in [-0.39, 0.29) is 0 Å². The van der Waals surface area contributed by atoms with E-state index < -0.39 is 8.32 Å². The third-order valence-corrected chi connectivity index (χ3v) is 20.8. The molecule has 9 rings (SSSR count). The Hall–Kier alpha value is -5.28. The number of fused-ring (bicyclic) bond motifs is 6. The van der Waals surface area contributed by atoms with Crippen molar-refractivity contribution in [1.82, 2.24) is 0 Å². The second-order valence-corrected chi connectivity index (χ2v) is 25.1. The molecule has 0 amide bonds. The van der Waals surface area contributed by atoms with E-state index >= 15 is 4.80 Å². The molecule has 0 unspecified atom stereocenters. The average Bonchev–Trinajstić information content (AvgIpc) is 3.44. The molecular formula is C72H88OSi. The molecular weight excluding hydrogens is 909 g/mol. The topological polar surface area (TPSA) is 20.2 Å². The second kappa shape index (κ2) is 27.0. The first-order valence-corrected chi connectivity index (χ1v) is 32.1. The summed E-state index contributed by atoms with van der Waals surface area (Å²) in [6, 6.07) is 55.4. The third kappa shape index (κ3) is 11.7. The van der Waals surface area contributed by atoms with Gasteiger partial charge in [-0.3, -0.25) is 0 Å². The average molecular weight is 998 g/mol. The molecule has 1 N–H and O–H groups in total. The maximum atomic E-state index is 15.8. The van der Waals surface area contributed by atoms with Crippen molar-refractivity contribution in [3.63, 3.8) is 0 Å². The van der Waals surface area contributed by atoms with Crippen LogP contribution in [0, 0.1) is 0 Å². The van der Waals surface area contributed by atoms with E-state index in [2.05, 4.69) is 166 Å². The van der Waals surface area contributed by atoms with Crippen LogP contribution in [0.3, 0.4) is 0 Å². The fourth-order valence-corrected chi connectivity index (χ4v) is 17.7. The number of rotatable bonds is 30. The molecule has 0 aliphatic carbocycles. The van der Waals surface area contributed by atoms with Gasteiger partial charge >= 0.3 is 0 Å². The first-order chi connectivity index (χ1) is 36.6. The van der Waals surface area contributed by atoms with Crippen molar-refractivity contribution in [1.29, 1.82) is 0 Å². The van der Waals surface area contributed by atoms with Crippen LogP contribution in [0.4, 0.5) is 0 Å². The van der Waals surface area contributed by atoms with Gasteiger partial charge in [-0.15, -0.1) is 0 Å². The molecule has 0 atom stereocenters. The molecule has 0 saturated carbocycles. The molecule has 0 aromatic heterocycles. The van der Waals surface area contributed by atoms with E-state index in [9.17, 15) is 0 Å². The lowest BCUT2D eigenvalue weighted by Gasteiger charge is -2.35. The van der Waals surface area contributed by atoms with Gasteiger partial charge < -0.3 is 4.80 Å². The summed E-state index contributed by atoms with van der Waals surface area (Å²) in [6.07, 6.45) is 34.4. The predicted octanol–water partition coefficient (Wildman–Crippen LogP) is 19.6.